The number of nitrogens with one attached hydrogen (secondary N) is 1. The lowest BCUT2D eigenvalue weighted by molar-refractivity contribution is 0.196. The van der Waals surface area contributed by atoms with E-state index in [9.17, 15) is 0 Å². The predicted octanol–water partition coefficient (Wildman–Crippen LogP) is 1.24. The molecule has 3 rings (SSSR count). The minimum Gasteiger partial charge on any atom is -0.346 e. The van der Waals surface area contributed by atoms with Crippen molar-refractivity contribution in [3.8, 4) is 0 Å². The number of aryl methyl sites for hydroxylation is 2. The lowest BCUT2D eigenvalue weighted by atomic mass is 10.2. The number of nitrogens with zero attached hydrogens (tertiary/aromatic N) is 3. The summed E-state index contributed by atoms with van der Waals surface area (Å²) in [5.74, 6) is 0. The van der Waals surface area contributed by atoms with Crippen LogP contribution in [0, 0.1) is 13.8 Å². The van der Waals surface area contributed by atoms with Crippen molar-refractivity contribution in [2.45, 2.75) is 26.3 Å². The minimum absolute atomic E-state index is 0.770. The quantitative estimate of drug-likeness (QED) is 0.873. The van der Waals surface area contributed by atoms with E-state index in [-0.39, 0.29) is 0 Å². The maximum atomic E-state index is 4.67. The second-order valence-corrected chi connectivity index (χ2v) is 6.49. The van der Waals surface area contributed by atoms with E-state index in [1.807, 2.05) is 11.3 Å². The van der Waals surface area contributed by atoms with Crippen LogP contribution in [-0.4, -0.2) is 55.2 Å². The molecule has 1 aromatic rings. The number of hydrogen-bond donors (Lipinski definition) is 1. The van der Waals surface area contributed by atoms with E-state index in [4.69, 9.17) is 0 Å². The number of thiazole rings is 1. The van der Waals surface area contributed by atoms with Crippen LogP contribution in [0.2, 0.25) is 0 Å². The molecule has 5 heteroatoms. The Morgan fingerprint density at radius 3 is 2.56 bits per heavy atom. The fourth-order valence-electron chi connectivity index (χ4n) is 2.82. The molecule has 2 saturated heterocycles. The third kappa shape index (κ3) is 2.39. The average Bonchev–Trinajstić information content (AvgIpc) is 3.01. The van der Waals surface area contributed by atoms with Gasteiger partial charge in [0.25, 0.3) is 0 Å². The van der Waals surface area contributed by atoms with E-state index in [2.05, 4.69) is 33.9 Å². The molecule has 0 aromatic carbocycles. The maximum Gasteiger partial charge on any atom is 0.185 e. The van der Waals surface area contributed by atoms with Crippen LogP contribution in [0.15, 0.2) is 0 Å². The molecule has 1 unspecified atom stereocenters. The smallest absolute Gasteiger partial charge is 0.185 e. The molecule has 1 atom stereocenters. The van der Waals surface area contributed by atoms with E-state index < -0.39 is 0 Å². The van der Waals surface area contributed by atoms with E-state index in [1.54, 1.807) is 0 Å². The van der Waals surface area contributed by atoms with E-state index >= 15 is 0 Å². The summed E-state index contributed by atoms with van der Waals surface area (Å²) in [6.45, 7) is 11.3. The van der Waals surface area contributed by atoms with Crippen LogP contribution in [0.25, 0.3) is 0 Å². The van der Waals surface area contributed by atoms with E-state index in [0.717, 1.165) is 19.1 Å². The zero-order valence-corrected chi connectivity index (χ0v) is 12.1. The molecule has 0 radical (unpaired) electrons. The first-order chi connectivity index (χ1) is 8.74. The fourth-order valence-corrected chi connectivity index (χ4v) is 3.78. The lowest BCUT2D eigenvalue weighted by Crippen LogP contribution is -2.51. The van der Waals surface area contributed by atoms with Crippen molar-refractivity contribution in [3.63, 3.8) is 0 Å². The van der Waals surface area contributed by atoms with Crippen LogP contribution in [0.5, 0.6) is 0 Å². The monoisotopic (exact) mass is 266 g/mol. The van der Waals surface area contributed by atoms with Gasteiger partial charge in [0.1, 0.15) is 0 Å². The van der Waals surface area contributed by atoms with Gasteiger partial charge in [-0.05, 0) is 26.8 Å². The van der Waals surface area contributed by atoms with Crippen LogP contribution < -0.4 is 10.2 Å². The first-order valence-electron chi connectivity index (χ1n) is 6.88. The highest BCUT2D eigenvalue weighted by molar-refractivity contribution is 7.15. The highest BCUT2D eigenvalue weighted by atomic mass is 32.1. The number of anilines is 1. The van der Waals surface area contributed by atoms with Gasteiger partial charge in [0.2, 0.25) is 0 Å². The Labute approximate surface area is 113 Å². The van der Waals surface area contributed by atoms with Gasteiger partial charge in [-0.2, -0.15) is 0 Å². The molecule has 18 heavy (non-hydrogen) atoms. The Morgan fingerprint density at radius 2 is 2.00 bits per heavy atom. The standard InChI is InChI=1S/C13H22N4S/c1-10-11(2)18-13(15-10)17-7-5-16(6-8-17)12-3-4-14-9-12/h12,14H,3-9H2,1-2H3. The van der Waals surface area contributed by atoms with Crippen molar-refractivity contribution in [3.05, 3.63) is 10.6 Å². The van der Waals surface area contributed by atoms with Gasteiger partial charge >= 0.3 is 0 Å². The Bertz CT molecular complexity index is 384. The second kappa shape index (κ2) is 5.15. The van der Waals surface area contributed by atoms with Gasteiger partial charge < -0.3 is 10.2 Å². The number of aromatic nitrogens is 1. The molecule has 1 aromatic heterocycles. The van der Waals surface area contributed by atoms with Gasteiger partial charge in [0.05, 0.1) is 5.69 Å². The molecule has 3 heterocycles. The van der Waals surface area contributed by atoms with Gasteiger partial charge in [-0.15, -0.1) is 11.3 Å². The Balaban J connectivity index is 1.59. The van der Waals surface area contributed by atoms with Crippen molar-refractivity contribution in [1.82, 2.24) is 15.2 Å². The molecular weight excluding hydrogens is 244 g/mol. The van der Waals surface area contributed by atoms with Crippen molar-refractivity contribution in [2.75, 3.05) is 44.2 Å². The second-order valence-electron chi connectivity index (χ2n) is 5.31. The highest BCUT2D eigenvalue weighted by Gasteiger charge is 2.26. The van der Waals surface area contributed by atoms with Gasteiger partial charge in [0, 0.05) is 43.6 Å². The molecular formula is C13H22N4S. The van der Waals surface area contributed by atoms with Crippen LogP contribution in [0.4, 0.5) is 5.13 Å². The molecule has 100 valence electrons. The molecule has 0 saturated carbocycles. The average molecular weight is 266 g/mol. The largest absolute Gasteiger partial charge is 0.346 e. The summed E-state index contributed by atoms with van der Waals surface area (Å²) in [4.78, 5) is 11.1. The summed E-state index contributed by atoms with van der Waals surface area (Å²) in [5.41, 5.74) is 1.19. The normalized spacial score (nSPS) is 25.9. The van der Waals surface area contributed by atoms with E-state index in [0.29, 0.717) is 0 Å². The zero-order valence-electron chi connectivity index (χ0n) is 11.3. The molecule has 0 bridgehead atoms. The van der Waals surface area contributed by atoms with Gasteiger partial charge in [-0.3, -0.25) is 4.90 Å². The Kier molecular flexibility index (Phi) is 3.54. The van der Waals surface area contributed by atoms with Gasteiger partial charge in [-0.25, -0.2) is 4.98 Å². The highest BCUT2D eigenvalue weighted by Crippen LogP contribution is 2.26. The first-order valence-corrected chi connectivity index (χ1v) is 7.69. The summed E-state index contributed by atoms with van der Waals surface area (Å²) >= 11 is 1.84. The molecule has 2 fully saturated rings. The van der Waals surface area contributed by atoms with Crippen LogP contribution >= 0.6 is 11.3 Å². The molecule has 1 N–H and O–H groups in total. The van der Waals surface area contributed by atoms with Gasteiger partial charge in [0.15, 0.2) is 5.13 Å². The molecule has 4 nitrogen and oxygen atoms in total. The van der Waals surface area contributed by atoms with Crippen molar-refractivity contribution >= 4 is 16.5 Å². The SMILES string of the molecule is Cc1nc(N2CCN(C3CCNC3)CC2)sc1C. The van der Waals surface area contributed by atoms with Crippen LogP contribution in [-0.2, 0) is 0 Å². The number of hydrogen-bond acceptors (Lipinski definition) is 5. The Hall–Kier alpha value is -0.650. The summed E-state index contributed by atoms with van der Waals surface area (Å²) < 4.78 is 0. The molecule has 2 aliphatic heterocycles. The summed E-state index contributed by atoms with van der Waals surface area (Å²) in [5, 5.41) is 4.67. The summed E-state index contributed by atoms with van der Waals surface area (Å²) in [6, 6.07) is 0.770. The predicted molar refractivity (Wildman–Crippen MR) is 76.6 cm³/mol. The van der Waals surface area contributed by atoms with E-state index in [1.165, 1.54) is 48.3 Å². The first kappa shape index (κ1) is 12.4. The molecule has 2 aliphatic rings. The molecule has 0 spiro atoms. The summed E-state index contributed by atoms with van der Waals surface area (Å²) in [6.07, 6.45) is 1.31. The zero-order chi connectivity index (χ0) is 12.5. The third-order valence-corrected chi connectivity index (χ3v) is 5.29. The van der Waals surface area contributed by atoms with Crippen molar-refractivity contribution in [2.24, 2.45) is 0 Å². The summed E-state index contributed by atoms with van der Waals surface area (Å²) in [7, 11) is 0. The maximum absolute atomic E-state index is 4.67. The van der Waals surface area contributed by atoms with Crippen LogP contribution in [0.1, 0.15) is 17.0 Å². The van der Waals surface area contributed by atoms with Crippen molar-refractivity contribution in [1.29, 1.82) is 0 Å². The lowest BCUT2D eigenvalue weighted by Gasteiger charge is -2.37. The molecule has 0 amide bonds. The Morgan fingerprint density at radius 1 is 1.22 bits per heavy atom. The number of rotatable bonds is 2. The molecule has 0 aliphatic carbocycles. The topological polar surface area (TPSA) is 31.4 Å². The fraction of sp³-hybridized carbons (Fsp3) is 0.769. The van der Waals surface area contributed by atoms with Gasteiger partial charge in [-0.1, -0.05) is 0 Å². The minimum atomic E-state index is 0.770. The third-order valence-electron chi connectivity index (χ3n) is 4.15. The van der Waals surface area contributed by atoms with Crippen molar-refractivity contribution < 1.29 is 0 Å². The number of piperazine rings is 1. The van der Waals surface area contributed by atoms with Crippen LogP contribution in [0.3, 0.4) is 0 Å².